The molecule has 2 rings (SSSR count). The van der Waals surface area contributed by atoms with Crippen LogP contribution in [0.5, 0.6) is 0 Å². The summed E-state index contributed by atoms with van der Waals surface area (Å²) in [6, 6.07) is 5.64. The van der Waals surface area contributed by atoms with E-state index in [4.69, 9.17) is 0 Å². The standard InChI is InChI=1S/C12H15N3O2/c1-3-6-15-13-10-5-4-9(7-11(10)14-15)8-12(16)17-2/h4-5,7H,3,6,8H2,1-2H3. The van der Waals surface area contributed by atoms with Crippen molar-refractivity contribution in [1.29, 1.82) is 0 Å². The van der Waals surface area contributed by atoms with Crippen LogP contribution < -0.4 is 0 Å². The van der Waals surface area contributed by atoms with Gasteiger partial charge in [-0.1, -0.05) is 13.0 Å². The van der Waals surface area contributed by atoms with Crippen LogP contribution in [0.15, 0.2) is 18.2 Å². The monoisotopic (exact) mass is 233 g/mol. The van der Waals surface area contributed by atoms with Crippen molar-refractivity contribution in [2.75, 3.05) is 7.11 Å². The number of carbonyl (C=O) groups excluding carboxylic acids is 1. The molecule has 0 saturated carbocycles. The normalized spacial score (nSPS) is 10.7. The molecule has 0 amide bonds. The second-order valence-electron chi connectivity index (χ2n) is 3.87. The molecule has 0 atom stereocenters. The van der Waals surface area contributed by atoms with Crippen molar-refractivity contribution in [3.05, 3.63) is 23.8 Å². The summed E-state index contributed by atoms with van der Waals surface area (Å²) in [6.07, 6.45) is 1.27. The van der Waals surface area contributed by atoms with Gasteiger partial charge in [-0.25, -0.2) is 0 Å². The maximum atomic E-state index is 11.2. The molecule has 0 N–H and O–H groups in total. The van der Waals surface area contributed by atoms with Gasteiger partial charge in [-0.3, -0.25) is 4.79 Å². The maximum Gasteiger partial charge on any atom is 0.309 e. The maximum absolute atomic E-state index is 11.2. The average Bonchev–Trinajstić information content (AvgIpc) is 2.71. The second-order valence-corrected chi connectivity index (χ2v) is 3.87. The number of hydrogen-bond acceptors (Lipinski definition) is 4. The van der Waals surface area contributed by atoms with Crippen molar-refractivity contribution in [1.82, 2.24) is 15.0 Å². The lowest BCUT2D eigenvalue weighted by atomic mass is 10.1. The molecule has 0 bridgehead atoms. The van der Waals surface area contributed by atoms with Gasteiger partial charge in [0.25, 0.3) is 0 Å². The van der Waals surface area contributed by atoms with Crippen LogP contribution in [0, 0.1) is 0 Å². The lowest BCUT2D eigenvalue weighted by molar-refractivity contribution is -0.139. The van der Waals surface area contributed by atoms with E-state index in [0.29, 0.717) is 0 Å². The molecule has 0 radical (unpaired) electrons. The first-order valence-electron chi connectivity index (χ1n) is 5.63. The Morgan fingerprint density at radius 2 is 2.12 bits per heavy atom. The largest absolute Gasteiger partial charge is 0.469 e. The van der Waals surface area contributed by atoms with E-state index >= 15 is 0 Å². The Morgan fingerprint density at radius 1 is 1.35 bits per heavy atom. The summed E-state index contributed by atoms with van der Waals surface area (Å²) in [5, 5.41) is 8.68. The summed E-state index contributed by atoms with van der Waals surface area (Å²) >= 11 is 0. The molecule has 0 aliphatic heterocycles. The van der Waals surface area contributed by atoms with Gasteiger partial charge >= 0.3 is 5.97 Å². The number of rotatable bonds is 4. The summed E-state index contributed by atoms with van der Waals surface area (Å²) in [6.45, 7) is 2.89. The zero-order valence-electron chi connectivity index (χ0n) is 10.0. The molecule has 5 nitrogen and oxygen atoms in total. The van der Waals surface area contributed by atoms with Gasteiger partial charge in [-0.15, -0.1) is 0 Å². The van der Waals surface area contributed by atoms with E-state index in [1.54, 1.807) is 4.80 Å². The van der Waals surface area contributed by atoms with Gasteiger partial charge in [0, 0.05) is 0 Å². The van der Waals surface area contributed by atoms with Gasteiger partial charge in [-0.2, -0.15) is 15.0 Å². The minimum Gasteiger partial charge on any atom is -0.469 e. The van der Waals surface area contributed by atoms with Crippen molar-refractivity contribution in [3.8, 4) is 0 Å². The number of benzene rings is 1. The fraction of sp³-hybridized carbons (Fsp3) is 0.417. The summed E-state index contributed by atoms with van der Waals surface area (Å²) < 4.78 is 4.63. The fourth-order valence-electron chi connectivity index (χ4n) is 1.65. The molecule has 0 unspecified atom stereocenters. The van der Waals surface area contributed by atoms with E-state index < -0.39 is 0 Å². The highest BCUT2D eigenvalue weighted by molar-refractivity contribution is 5.78. The van der Waals surface area contributed by atoms with Crippen molar-refractivity contribution >= 4 is 17.0 Å². The lowest BCUT2D eigenvalue weighted by Crippen LogP contribution is -2.04. The highest BCUT2D eigenvalue weighted by Gasteiger charge is 2.06. The molecule has 0 fully saturated rings. The molecule has 2 aromatic rings. The van der Waals surface area contributed by atoms with Crippen LogP contribution in [0.1, 0.15) is 18.9 Å². The Bertz CT molecular complexity index is 534. The molecular formula is C12H15N3O2. The number of hydrogen-bond donors (Lipinski definition) is 0. The van der Waals surface area contributed by atoms with E-state index in [1.165, 1.54) is 7.11 Å². The van der Waals surface area contributed by atoms with Crippen LogP contribution in [-0.4, -0.2) is 28.1 Å². The average molecular weight is 233 g/mol. The van der Waals surface area contributed by atoms with Crippen LogP contribution >= 0.6 is 0 Å². The van der Waals surface area contributed by atoms with Crippen LogP contribution in [-0.2, 0) is 22.5 Å². The van der Waals surface area contributed by atoms with E-state index in [9.17, 15) is 4.79 Å². The SMILES string of the molecule is CCCn1nc2ccc(CC(=O)OC)cc2n1. The second kappa shape index (κ2) is 4.95. The Hall–Kier alpha value is -1.91. The van der Waals surface area contributed by atoms with Crippen LogP contribution in [0.2, 0.25) is 0 Å². The first-order valence-corrected chi connectivity index (χ1v) is 5.63. The van der Waals surface area contributed by atoms with E-state index in [0.717, 1.165) is 29.6 Å². The van der Waals surface area contributed by atoms with Gasteiger partial charge in [-0.05, 0) is 24.1 Å². The Balaban J connectivity index is 2.26. The summed E-state index contributed by atoms with van der Waals surface area (Å²) in [5.74, 6) is -0.245. The van der Waals surface area contributed by atoms with Gasteiger partial charge in [0.2, 0.25) is 0 Å². The molecule has 1 aromatic heterocycles. The molecule has 0 saturated heterocycles. The number of nitrogens with zero attached hydrogens (tertiary/aromatic N) is 3. The number of aromatic nitrogens is 3. The number of ether oxygens (including phenoxy) is 1. The Morgan fingerprint density at radius 3 is 2.82 bits per heavy atom. The smallest absolute Gasteiger partial charge is 0.309 e. The van der Waals surface area contributed by atoms with Crippen molar-refractivity contribution in [3.63, 3.8) is 0 Å². The van der Waals surface area contributed by atoms with E-state index in [2.05, 4.69) is 21.9 Å². The number of aryl methyl sites for hydroxylation is 1. The molecule has 1 heterocycles. The number of esters is 1. The fourth-order valence-corrected chi connectivity index (χ4v) is 1.65. The third-order valence-electron chi connectivity index (χ3n) is 2.49. The van der Waals surface area contributed by atoms with E-state index in [1.807, 2.05) is 18.2 Å². The summed E-state index contributed by atoms with van der Waals surface area (Å²) in [4.78, 5) is 12.8. The van der Waals surface area contributed by atoms with Gasteiger partial charge in [0.1, 0.15) is 11.0 Å². The molecule has 0 aliphatic carbocycles. The first kappa shape index (κ1) is 11.6. The van der Waals surface area contributed by atoms with Crippen LogP contribution in [0.25, 0.3) is 11.0 Å². The molecule has 17 heavy (non-hydrogen) atoms. The topological polar surface area (TPSA) is 57.0 Å². The predicted molar refractivity (Wildman–Crippen MR) is 63.5 cm³/mol. The quantitative estimate of drug-likeness (QED) is 0.752. The highest BCUT2D eigenvalue weighted by atomic mass is 16.5. The number of fused-ring (bicyclic) bond motifs is 1. The van der Waals surface area contributed by atoms with Crippen molar-refractivity contribution in [2.45, 2.75) is 26.3 Å². The summed E-state index contributed by atoms with van der Waals surface area (Å²) in [5.41, 5.74) is 2.57. The Labute approximate surface area is 99.4 Å². The third-order valence-corrected chi connectivity index (χ3v) is 2.49. The molecule has 5 heteroatoms. The first-order chi connectivity index (χ1) is 8.22. The van der Waals surface area contributed by atoms with Gasteiger partial charge < -0.3 is 4.74 Å². The number of carbonyl (C=O) groups is 1. The minimum absolute atomic E-state index is 0.245. The molecule has 0 aliphatic rings. The molecular weight excluding hydrogens is 218 g/mol. The zero-order chi connectivity index (χ0) is 12.3. The Kier molecular flexibility index (Phi) is 3.37. The van der Waals surface area contributed by atoms with Gasteiger partial charge in [0.05, 0.1) is 20.1 Å². The zero-order valence-corrected chi connectivity index (χ0v) is 10.0. The van der Waals surface area contributed by atoms with E-state index in [-0.39, 0.29) is 12.4 Å². The lowest BCUT2D eigenvalue weighted by Gasteiger charge is -1.98. The van der Waals surface area contributed by atoms with Crippen LogP contribution in [0.4, 0.5) is 0 Å². The predicted octanol–water partition coefficient (Wildman–Crippen LogP) is 1.56. The third kappa shape index (κ3) is 2.61. The highest BCUT2D eigenvalue weighted by Crippen LogP contribution is 2.12. The van der Waals surface area contributed by atoms with Crippen molar-refractivity contribution < 1.29 is 9.53 Å². The number of methoxy groups -OCH3 is 1. The van der Waals surface area contributed by atoms with Gasteiger partial charge in [0.15, 0.2) is 0 Å². The molecule has 1 aromatic carbocycles. The molecule has 0 spiro atoms. The molecule has 90 valence electrons. The van der Waals surface area contributed by atoms with Crippen molar-refractivity contribution in [2.24, 2.45) is 0 Å². The summed E-state index contributed by atoms with van der Waals surface area (Å²) in [7, 11) is 1.39. The van der Waals surface area contributed by atoms with Crippen LogP contribution in [0.3, 0.4) is 0 Å². The minimum atomic E-state index is -0.245.